The van der Waals surface area contributed by atoms with Crippen LogP contribution >= 0.6 is 0 Å². The molecule has 0 bridgehead atoms. The Bertz CT molecular complexity index is 690. The summed E-state index contributed by atoms with van der Waals surface area (Å²) < 4.78 is 6.83. The fraction of sp³-hybridized carbons (Fsp3) is 0.571. The Balaban J connectivity index is 2.62. The Kier molecular flexibility index (Phi) is 4.26. The summed E-state index contributed by atoms with van der Waals surface area (Å²) in [5.74, 6) is 5.41. The van der Waals surface area contributed by atoms with Crippen LogP contribution in [-0.4, -0.2) is 43.6 Å². The molecule has 1 aliphatic rings. The van der Waals surface area contributed by atoms with Crippen LogP contribution in [0.2, 0.25) is 0 Å². The summed E-state index contributed by atoms with van der Waals surface area (Å²) >= 11 is 0. The van der Waals surface area contributed by atoms with Gasteiger partial charge in [-0.05, 0) is 26.8 Å². The van der Waals surface area contributed by atoms with Gasteiger partial charge in [0.2, 0.25) is 0 Å². The fourth-order valence-electron chi connectivity index (χ4n) is 2.67. The molecule has 0 aromatic carbocycles. The zero-order chi connectivity index (χ0) is 16.7. The maximum absolute atomic E-state index is 12.2. The molecule has 1 fully saturated rings. The number of aliphatic hydroxyl groups excluding tert-OH is 2. The van der Waals surface area contributed by atoms with Gasteiger partial charge in [0.1, 0.15) is 18.0 Å². The number of hydrogen-bond donors (Lipinski definition) is 4. The maximum atomic E-state index is 12.2. The van der Waals surface area contributed by atoms with Gasteiger partial charge >= 0.3 is 5.69 Å². The van der Waals surface area contributed by atoms with Crippen LogP contribution in [0.1, 0.15) is 25.8 Å². The minimum absolute atomic E-state index is 0.0774. The first-order chi connectivity index (χ1) is 10.2. The summed E-state index contributed by atoms with van der Waals surface area (Å²) in [5.41, 5.74) is 10.0. The van der Waals surface area contributed by atoms with E-state index in [9.17, 15) is 15.0 Å². The lowest BCUT2D eigenvalue weighted by Gasteiger charge is -2.29. The van der Waals surface area contributed by atoms with Crippen molar-refractivity contribution >= 4 is 5.82 Å². The number of nitrogen functional groups attached to an aromatic ring is 1. The molecule has 1 aromatic heterocycles. The quantitative estimate of drug-likeness (QED) is 0.488. The molecule has 8 heteroatoms. The predicted molar refractivity (Wildman–Crippen MR) is 79.6 cm³/mol. The predicted octanol–water partition coefficient (Wildman–Crippen LogP) is -1.51. The van der Waals surface area contributed by atoms with Crippen molar-refractivity contribution in [3.8, 4) is 11.8 Å². The number of ether oxygens (including phenoxy) is 1. The van der Waals surface area contributed by atoms with E-state index in [-0.39, 0.29) is 5.82 Å². The highest BCUT2D eigenvalue weighted by Gasteiger charge is 2.56. The third-order valence-corrected chi connectivity index (χ3v) is 3.71. The Morgan fingerprint density at radius 1 is 1.59 bits per heavy atom. The monoisotopic (exact) mass is 308 g/mol. The average Bonchev–Trinajstić information content (AvgIpc) is 2.63. The minimum atomic E-state index is -1.55. The molecule has 1 aromatic rings. The number of anilines is 1. The van der Waals surface area contributed by atoms with E-state index in [1.54, 1.807) is 13.8 Å². The van der Waals surface area contributed by atoms with Gasteiger partial charge in [0.25, 0.3) is 0 Å². The molecule has 0 saturated carbocycles. The van der Waals surface area contributed by atoms with Gasteiger partial charge in [0.15, 0.2) is 11.8 Å². The van der Waals surface area contributed by atoms with Crippen molar-refractivity contribution in [3.05, 3.63) is 22.2 Å². The first-order valence-corrected chi connectivity index (χ1v) is 6.82. The minimum Gasteiger partial charge on any atom is -0.391 e. The van der Waals surface area contributed by atoms with E-state index >= 15 is 0 Å². The zero-order valence-corrected chi connectivity index (χ0v) is 12.6. The second-order valence-corrected chi connectivity index (χ2v) is 5.42. The SMILES string of the molecule is CC#C[C@@]1(N)C(O)[C@@H]([C@H](C)O)O[C@H]1n1c(C)cc(N)nc1=O. The third-order valence-electron chi connectivity index (χ3n) is 3.71. The van der Waals surface area contributed by atoms with Crippen molar-refractivity contribution in [1.29, 1.82) is 0 Å². The van der Waals surface area contributed by atoms with Gasteiger partial charge in [-0.3, -0.25) is 4.57 Å². The molecule has 0 aliphatic carbocycles. The first-order valence-electron chi connectivity index (χ1n) is 6.82. The van der Waals surface area contributed by atoms with Gasteiger partial charge in [0, 0.05) is 5.69 Å². The van der Waals surface area contributed by atoms with Crippen molar-refractivity contribution in [2.45, 2.75) is 50.8 Å². The van der Waals surface area contributed by atoms with E-state index in [0.29, 0.717) is 5.69 Å². The average molecular weight is 308 g/mol. The number of hydrogen-bond acceptors (Lipinski definition) is 7. The molecule has 2 heterocycles. The smallest absolute Gasteiger partial charge is 0.351 e. The zero-order valence-electron chi connectivity index (χ0n) is 12.6. The van der Waals surface area contributed by atoms with E-state index < -0.39 is 35.8 Å². The summed E-state index contributed by atoms with van der Waals surface area (Å²) in [6.45, 7) is 4.67. The molecule has 120 valence electrons. The molecule has 0 amide bonds. The number of nitrogens with zero attached hydrogens (tertiary/aromatic N) is 2. The van der Waals surface area contributed by atoms with Gasteiger partial charge in [-0.15, -0.1) is 5.92 Å². The lowest BCUT2D eigenvalue weighted by molar-refractivity contribution is -0.0783. The second kappa shape index (κ2) is 5.70. The van der Waals surface area contributed by atoms with Gasteiger partial charge in [0.05, 0.1) is 6.10 Å². The standard InChI is InChI=1S/C14H20N4O4/c1-4-5-14(16)11(20)10(8(3)19)22-12(14)18-7(2)6-9(15)17-13(18)21/h6,8,10-12,19-20H,16H2,1-3H3,(H2,15,17,21)/t8-,10+,11?,12+,14+/m0/s1. The number of aliphatic hydroxyl groups is 2. The summed E-state index contributed by atoms with van der Waals surface area (Å²) in [7, 11) is 0. The third kappa shape index (κ3) is 2.48. The van der Waals surface area contributed by atoms with Crippen LogP contribution in [0.25, 0.3) is 0 Å². The van der Waals surface area contributed by atoms with Crippen LogP contribution in [0.5, 0.6) is 0 Å². The van der Waals surface area contributed by atoms with Crippen molar-refractivity contribution in [3.63, 3.8) is 0 Å². The Morgan fingerprint density at radius 3 is 2.73 bits per heavy atom. The highest BCUT2D eigenvalue weighted by molar-refractivity contribution is 5.31. The van der Waals surface area contributed by atoms with Gasteiger partial charge in [-0.2, -0.15) is 4.98 Å². The molecular formula is C14H20N4O4. The van der Waals surface area contributed by atoms with E-state index in [1.807, 2.05) is 0 Å². The largest absolute Gasteiger partial charge is 0.391 e. The van der Waals surface area contributed by atoms with Crippen LogP contribution < -0.4 is 17.2 Å². The van der Waals surface area contributed by atoms with E-state index in [4.69, 9.17) is 16.2 Å². The molecule has 8 nitrogen and oxygen atoms in total. The summed E-state index contributed by atoms with van der Waals surface area (Å²) in [4.78, 5) is 15.8. The van der Waals surface area contributed by atoms with Gasteiger partial charge < -0.3 is 26.4 Å². The summed E-state index contributed by atoms with van der Waals surface area (Å²) in [6, 6.07) is 1.49. The van der Waals surface area contributed by atoms with Crippen LogP contribution in [0, 0.1) is 18.8 Å². The molecule has 0 radical (unpaired) electrons. The normalized spacial score (nSPS) is 32.4. The maximum Gasteiger partial charge on any atom is 0.351 e. The van der Waals surface area contributed by atoms with Crippen LogP contribution in [-0.2, 0) is 4.74 Å². The molecule has 1 saturated heterocycles. The molecule has 5 atom stereocenters. The number of aromatic nitrogens is 2. The van der Waals surface area contributed by atoms with E-state index in [1.165, 1.54) is 17.6 Å². The number of rotatable bonds is 2. The van der Waals surface area contributed by atoms with E-state index in [0.717, 1.165) is 0 Å². The van der Waals surface area contributed by atoms with Crippen LogP contribution in [0.4, 0.5) is 5.82 Å². The molecule has 1 aliphatic heterocycles. The number of nitrogens with two attached hydrogens (primary N) is 2. The lowest BCUT2D eigenvalue weighted by Crippen LogP contribution is -2.55. The van der Waals surface area contributed by atoms with Crippen molar-refractivity contribution in [1.82, 2.24) is 9.55 Å². The lowest BCUT2D eigenvalue weighted by atomic mass is 9.90. The first kappa shape index (κ1) is 16.5. The van der Waals surface area contributed by atoms with Crippen molar-refractivity contribution in [2.24, 2.45) is 5.73 Å². The number of aryl methyl sites for hydroxylation is 1. The van der Waals surface area contributed by atoms with Gasteiger partial charge in [-0.25, -0.2) is 4.79 Å². The highest BCUT2D eigenvalue weighted by Crippen LogP contribution is 2.37. The highest BCUT2D eigenvalue weighted by atomic mass is 16.5. The molecule has 22 heavy (non-hydrogen) atoms. The molecular weight excluding hydrogens is 288 g/mol. The van der Waals surface area contributed by atoms with Gasteiger partial charge in [-0.1, -0.05) is 5.92 Å². The van der Waals surface area contributed by atoms with E-state index in [2.05, 4.69) is 16.8 Å². The van der Waals surface area contributed by atoms with Crippen LogP contribution in [0.15, 0.2) is 10.9 Å². The van der Waals surface area contributed by atoms with Crippen molar-refractivity contribution in [2.75, 3.05) is 5.73 Å². The molecule has 1 unspecified atom stereocenters. The summed E-state index contributed by atoms with van der Waals surface area (Å²) in [5, 5.41) is 20.2. The Hall–Kier alpha value is -1.92. The molecule has 6 N–H and O–H groups in total. The van der Waals surface area contributed by atoms with Crippen molar-refractivity contribution < 1.29 is 14.9 Å². The Morgan fingerprint density at radius 2 is 2.23 bits per heavy atom. The second-order valence-electron chi connectivity index (χ2n) is 5.42. The molecule has 0 spiro atoms. The van der Waals surface area contributed by atoms with Crippen LogP contribution in [0.3, 0.4) is 0 Å². The Labute approximate surface area is 127 Å². The summed E-state index contributed by atoms with van der Waals surface area (Å²) in [6.07, 6.45) is -4.32. The topological polar surface area (TPSA) is 137 Å². The molecule has 2 rings (SSSR count). The fourth-order valence-corrected chi connectivity index (χ4v) is 2.67.